The molecule has 8 heteroatoms. The molecule has 190 valence electrons. The highest BCUT2D eigenvalue weighted by molar-refractivity contribution is 5.72. The lowest BCUT2D eigenvalue weighted by atomic mass is 9.89. The van der Waals surface area contributed by atoms with Crippen molar-refractivity contribution in [1.29, 1.82) is 0 Å². The number of benzene rings is 2. The Bertz CT molecular complexity index is 945. The number of hydrogen-bond acceptors (Lipinski definition) is 5. The molecule has 35 heavy (non-hydrogen) atoms. The average Bonchev–Trinajstić information content (AvgIpc) is 2.84. The summed E-state index contributed by atoms with van der Waals surface area (Å²) in [5.41, 5.74) is 0.829. The smallest absolute Gasteiger partial charge is 0.415 e. The van der Waals surface area contributed by atoms with Gasteiger partial charge in [-0.25, -0.2) is 14.0 Å². The van der Waals surface area contributed by atoms with E-state index < -0.39 is 24.0 Å². The van der Waals surface area contributed by atoms with Crippen LogP contribution in [-0.4, -0.2) is 54.5 Å². The lowest BCUT2D eigenvalue weighted by molar-refractivity contribution is -0.149. The van der Waals surface area contributed by atoms with Gasteiger partial charge in [-0.2, -0.15) is 0 Å². The van der Waals surface area contributed by atoms with E-state index in [4.69, 9.17) is 14.2 Å². The lowest BCUT2D eigenvalue weighted by Crippen LogP contribution is -2.40. The average molecular weight is 488 g/mol. The molecule has 1 aliphatic rings. The van der Waals surface area contributed by atoms with Crippen molar-refractivity contribution in [3.8, 4) is 11.5 Å². The van der Waals surface area contributed by atoms with Gasteiger partial charge in [-0.1, -0.05) is 37.5 Å². The van der Waals surface area contributed by atoms with Crippen LogP contribution in [0.1, 0.15) is 44.6 Å². The molecule has 1 atom stereocenters. The third kappa shape index (κ3) is 8.87. The number of nitrogens with zero attached hydrogens (tertiary/aromatic N) is 1. The minimum absolute atomic E-state index is 0.173. The molecule has 1 fully saturated rings. The Hall–Kier alpha value is -3.13. The second kappa shape index (κ2) is 13.7. The predicted molar refractivity (Wildman–Crippen MR) is 129 cm³/mol. The number of amides is 1. The van der Waals surface area contributed by atoms with Crippen molar-refractivity contribution in [2.24, 2.45) is 5.92 Å². The molecular formula is C27H34FNO6. The van der Waals surface area contributed by atoms with Gasteiger partial charge in [0.05, 0.1) is 6.54 Å². The maximum absolute atomic E-state index is 13.5. The van der Waals surface area contributed by atoms with Gasteiger partial charge < -0.3 is 24.2 Å². The van der Waals surface area contributed by atoms with Crippen LogP contribution in [0.15, 0.2) is 48.5 Å². The largest absolute Gasteiger partial charge is 0.492 e. The quantitative estimate of drug-likeness (QED) is 0.436. The maximum atomic E-state index is 13.5. The molecule has 0 bridgehead atoms. The number of carboxylic acid groups (broad SMARTS) is 1. The molecule has 2 aromatic rings. The summed E-state index contributed by atoms with van der Waals surface area (Å²) in [6.07, 6.45) is 4.56. The lowest BCUT2D eigenvalue weighted by Gasteiger charge is -2.29. The second-order valence-electron chi connectivity index (χ2n) is 8.75. The van der Waals surface area contributed by atoms with Gasteiger partial charge in [0.25, 0.3) is 0 Å². The number of rotatable bonds is 12. The van der Waals surface area contributed by atoms with E-state index >= 15 is 0 Å². The number of halogens is 1. The number of carboxylic acids is 1. The third-order valence-electron chi connectivity index (χ3n) is 6.08. The fourth-order valence-electron chi connectivity index (χ4n) is 4.26. The van der Waals surface area contributed by atoms with Crippen molar-refractivity contribution in [3.63, 3.8) is 0 Å². The van der Waals surface area contributed by atoms with Gasteiger partial charge >= 0.3 is 12.1 Å². The summed E-state index contributed by atoms with van der Waals surface area (Å²) >= 11 is 0. The van der Waals surface area contributed by atoms with Crippen LogP contribution < -0.4 is 9.47 Å². The van der Waals surface area contributed by atoms with Crippen LogP contribution in [0.25, 0.3) is 0 Å². The minimum atomic E-state index is -0.990. The molecule has 1 saturated carbocycles. The molecular weight excluding hydrogens is 453 g/mol. The molecule has 7 nitrogen and oxygen atoms in total. The zero-order valence-corrected chi connectivity index (χ0v) is 20.2. The first-order valence-electron chi connectivity index (χ1n) is 12.2. The van der Waals surface area contributed by atoms with E-state index in [0.717, 1.165) is 31.2 Å². The molecule has 0 aromatic heterocycles. The molecule has 2 aromatic carbocycles. The van der Waals surface area contributed by atoms with Gasteiger partial charge in [0.15, 0.2) is 6.10 Å². The summed E-state index contributed by atoms with van der Waals surface area (Å²) in [7, 11) is 0. The van der Waals surface area contributed by atoms with Gasteiger partial charge in [-0.15, -0.1) is 0 Å². The first kappa shape index (κ1) is 26.5. The van der Waals surface area contributed by atoms with Crippen molar-refractivity contribution >= 4 is 12.1 Å². The maximum Gasteiger partial charge on any atom is 0.415 e. The third-order valence-corrected chi connectivity index (χ3v) is 6.08. The topological polar surface area (TPSA) is 85.3 Å². The molecule has 1 amide bonds. The van der Waals surface area contributed by atoms with Crippen LogP contribution in [0.4, 0.5) is 9.18 Å². The Kier molecular flexibility index (Phi) is 10.3. The van der Waals surface area contributed by atoms with E-state index in [1.54, 1.807) is 30.0 Å². The SMILES string of the molecule is CCOC(Cc1ccc(OCCN(CC2CCCCC2)C(=O)Oc2cccc(F)c2)cc1)C(=O)O. The zero-order chi connectivity index (χ0) is 25.0. The molecule has 3 rings (SSSR count). The fourth-order valence-corrected chi connectivity index (χ4v) is 4.26. The molecule has 1 unspecified atom stereocenters. The van der Waals surface area contributed by atoms with Gasteiger partial charge in [0.2, 0.25) is 0 Å². The zero-order valence-electron chi connectivity index (χ0n) is 20.2. The van der Waals surface area contributed by atoms with E-state index in [0.29, 0.717) is 31.4 Å². The number of ether oxygens (including phenoxy) is 3. The van der Waals surface area contributed by atoms with E-state index in [2.05, 4.69) is 0 Å². The summed E-state index contributed by atoms with van der Waals surface area (Å²) in [6.45, 7) is 3.26. The van der Waals surface area contributed by atoms with Crippen LogP contribution >= 0.6 is 0 Å². The number of aliphatic carboxylic acids is 1. The van der Waals surface area contributed by atoms with E-state index in [-0.39, 0.29) is 18.8 Å². The molecule has 0 heterocycles. The van der Waals surface area contributed by atoms with Gasteiger partial charge in [-0.3, -0.25) is 0 Å². The molecule has 1 N–H and O–H groups in total. The number of hydrogen-bond donors (Lipinski definition) is 1. The van der Waals surface area contributed by atoms with Crippen molar-refractivity contribution in [2.45, 2.75) is 51.6 Å². The summed E-state index contributed by atoms with van der Waals surface area (Å²) < 4.78 is 30.0. The van der Waals surface area contributed by atoms with Crippen LogP contribution in [-0.2, 0) is 16.0 Å². The fraction of sp³-hybridized carbons (Fsp3) is 0.481. The Morgan fingerprint density at radius 1 is 1.09 bits per heavy atom. The second-order valence-corrected chi connectivity index (χ2v) is 8.75. The van der Waals surface area contributed by atoms with Gasteiger partial charge in [-0.05, 0) is 55.5 Å². The highest BCUT2D eigenvalue weighted by Gasteiger charge is 2.23. The summed E-state index contributed by atoms with van der Waals surface area (Å²) in [6, 6.07) is 12.7. The summed E-state index contributed by atoms with van der Waals surface area (Å²) in [4.78, 5) is 25.8. The van der Waals surface area contributed by atoms with Gasteiger partial charge in [0.1, 0.15) is 23.9 Å². The predicted octanol–water partition coefficient (Wildman–Crippen LogP) is 5.32. The Balaban J connectivity index is 1.56. The monoisotopic (exact) mass is 487 g/mol. The van der Waals surface area contributed by atoms with Crippen molar-refractivity contribution in [2.75, 3.05) is 26.3 Å². The van der Waals surface area contributed by atoms with Crippen LogP contribution in [0.2, 0.25) is 0 Å². The molecule has 0 radical (unpaired) electrons. The number of carbonyl (C=O) groups is 2. The van der Waals surface area contributed by atoms with Crippen molar-refractivity contribution in [1.82, 2.24) is 4.90 Å². The first-order valence-corrected chi connectivity index (χ1v) is 12.2. The van der Waals surface area contributed by atoms with Crippen LogP contribution in [0.5, 0.6) is 11.5 Å². The Morgan fingerprint density at radius 3 is 2.49 bits per heavy atom. The minimum Gasteiger partial charge on any atom is -0.492 e. The Labute approximate surface area is 205 Å². The molecule has 0 spiro atoms. The van der Waals surface area contributed by atoms with Crippen LogP contribution in [0, 0.1) is 11.7 Å². The molecule has 0 saturated heterocycles. The van der Waals surface area contributed by atoms with E-state index in [1.165, 1.54) is 24.6 Å². The summed E-state index contributed by atoms with van der Waals surface area (Å²) in [5.74, 6) is -0.247. The van der Waals surface area contributed by atoms with Gasteiger partial charge in [0, 0.05) is 25.6 Å². The number of carbonyl (C=O) groups excluding carboxylic acids is 1. The van der Waals surface area contributed by atoms with Crippen molar-refractivity contribution < 1.29 is 33.3 Å². The normalized spacial score (nSPS) is 14.8. The van der Waals surface area contributed by atoms with Crippen LogP contribution in [0.3, 0.4) is 0 Å². The first-order chi connectivity index (χ1) is 16.9. The molecule has 1 aliphatic carbocycles. The van der Waals surface area contributed by atoms with Crippen molar-refractivity contribution in [3.05, 3.63) is 59.9 Å². The van der Waals surface area contributed by atoms with E-state index in [9.17, 15) is 19.1 Å². The highest BCUT2D eigenvalue weighted by atomic mass is 19.1. The van der Waals surface area contributed by atoms with E-state index in [1.807, 2.05) is 12.1 Å². The highest BCUT2D eigenvalue weighted by Crippen LogP contribution is 2.25. The standard InChI is InChI=1S/C27H34FNO6/c1-2-33-25(26(30)31)17-20-11-13-23(14-12-20)34-16-15-29(19-21-7-4-3-5-8-21)27(32)35-24-10-6-9-22(28)18-24/h6,9-14,18,21,25H,2-5,7-8,15-17,19H2,1H3,(H,30,31). The Morgan fingerprint density at radius 2 is 1.83 bits per heavy atom. The molecule has 0 aliphatic heterocycles. The summed E-state index contributed by atoms with van der Waals surface area (Å²) in [5, 5.41) is 9.25.